The molecule has 0 unspecified atom stereocenters. The lowest BCUT2D eigenvalue weighted by Gasteiger charge is -2.12. The van der Waals surface area contributed by atoms with E-state index in [1.54, 1.807) is 42.5 Å². The van der Waals surface area contributed by atoms with Crippen molar-refractivity contribution < 1.29 is 38.1 Å². The number of hydrogen-bond donors (Lipinski definition) is 1. The van der Waals surface area contributed by atoms with Crippen LogP contribution in [0.4, 0.5) is 5.69 Å². The smallest absolute Gasteiger partial charge is 0.342 e. The lowest BCUT2D eigenvalue weighted by atomic mass is 10.1. The largest absolute Gasteiger partial charge is 0.465 e. The maximum atomic E-state index is 12.6. The van der Waals surface area contributed by atoms with Gasteiger partial charge in [0.2, 0.25) is 0 Å². The number of benzene rings is 3. The summed E-state index contributed by atoms with van der Waals surface area (Å²) in [4.78, 5) is 48.7. The number of methoxy groups -OCH3 is 2. The van der Waals surface area contributed by atoms with E-state index in [0.717, 1.165) is 0 Å². The molecule has 0 spiro atoms. The van der Waals surface area contributed by atoms with Gasteiger partial charge in [-0.25, -0.2) is 14.4 Å². The lowest BCUT2D eigenvalue weighted by molar-refractivity contribution is -0.119. The third-order valence-corrected chi connectivity index (χ3v) is 4.47. The highest BCUT2D eigenvalue weighted by atomic mass is 16.5. The number of amides is 1. The molecule has 1 amide bonds. The van der Waals surface area contributed by atoms with Crippen LogP contribution in [0.1, 0.15) is 31.1 Å². The van der Waals surface area contributed by atoms with Crippen molar-refractivity contribution in [2.75, 3.05) is 26.1 Å². The van der Waals surface area contributed by atoms with Gasteiger partial charge in [-0.2, -0.15) is 0 Å². The zero-order valence-corrected chi connectivity index (χ0v) is 18.4. The van der Waals surface area contributed by atoms with Gasteiger partial charge in [-0.1, -0.05) is 30.3 Å². The van der Waals surface area contributed by atoms with Gasteiger partial charge in [0.05, 0.1) is 25.3 Å². The van der Waals surface area contributed by atoms with Crippen LogP contribution in [-0.4, -0.2) is 44.6 Å². The summed E-state index contributed by atoms with van der Waals surface area (Å²) in [5.41, 5.74) is 0.325. The molecule has 0 saturated heterocycles. The highest BCUT2D eigenvalue weighted by molar-refractivity contribution is 6.00. The van der Waals surface area contributed by atoms with Crippen LogP contribution in [0.15, 0.2) is 72.8 Å². The van der Waals surface area contributed by atoms with E-state index in [0.29, 0.717) is 5.75 Å². The van der Waals surface area contributed by atoms with Crippen LogP contribution in [0.5, 0.6) is 11.5 Å². The molecule has 0 bridgehead atoms. The first-order valence-corrected chi connectivity index (χ1v) is 10.0. The first-order valence-electron chi connectivity index (χ1n) is 10.0. The topological polar surface area (TPSA) is 117 Å². The Bertz CT molecular complexity index is 1170. The fourth-order valence-corrected chi connectivity index (χ4v) is 2.92. The minimum absolute atomic E-state index is 0.0321. The fourth-order valence-electron chi connectivity index (χ4n) is 2.92. The maximum absolute atomic E-state index is 12.6. The van der Waals surface area contributed by atoms with Crippen LogP contribution in [0.3, 0.4) is 0 Å². The number of esters is 3. The Morgan fingerprint density at radius 2 is 1.32 bits per heavy atom. The van der Waals surface area contributed by atoms with Crippen molar-refractivity contribution in [3.63, 3.8) is 0 Å². The molecular formula is C25H21NO8. The van der Waals surface area contributed by atoms with Crippen LogP contribution in [0.25, 0.3) is 0 Å². The van der Waals surface area contributed by atoms with Crippen molar-refractivity contribution in [3.8, 4) is 11.5 Å². The Balaban J connectivity index is 1.68. The van der Waals surface area contributed by atoms with Gasteiger partial charge in [-0.15, -0.1) is 0 Å². The molecule has 0 aliphatic heterocycles. The first kappa shape index (κ1) is 24.0. The number of rotatable bonds is 8. The number of hydrogen-bond acceptors (Lipinski definition) is 8. The Labute approximate surface area is 195 Å². The molecule has 3 aromatic carbocycles. The number of para-hydroxylation sites is 2. The lowest BCUT2D eigenvalue weighted by Crippen LogP contribution is -2.21. The molecule has 0 saturated carbocycles. The van der Waals surface area contributed by atoms with E-state index in [-0.39, 0.29) is 28.1 Å². The van der Waals surface area contributed by atoms with E-state index in [1.165, 1.54) is 38.5 Å². The molecule has 0 heterocycles. The number of carbonyl (C=O) groups excluding carboxylic acids is 4. The van der Waals surface area contributed by atoms with E-state index < -0.39 is 30.4 Å². The van der Waals surface area contributed by atoms with E-state index in [4.69, 9.17) is 9.47 Å². The van der Waals surface area contributed by atoms with Gasteiger partial charge in [0, 0.05) is 5.69 Å². The monoisotopic (exact) mass is 463 g/mol. The van der Waals surface area contributed by atoms with Gasteiger partial charge in [-0.05, 0) is 42.5 Å². The molecule has 9 nitrogen and oxygen atoms in total. The first-order chi connectivity index (χ1) is 16.4. The molecule has 1 N–H and O–H groups in total. The van der Waals surface area contributed by atoms with Crippen molar-refractivity contribution in [2.45, 2.75) is 0 Å². The van der Waals surface area contributed by atoms with Crippen molar-refractivity contribution >= 4 is 29.5 Å². The molecule has 34 heavy (non-hydrogen) atoms. The normalized spacial score (nSPS) is 10.1. The highest BCUT2D eigenvalue weighted by Gasteiger charge is 2.18. The van der Waals surface area contributed by atoms with Gasteiger partial charge in [0.15, 0.2) is 6.61 Å². The molecule has 3 aromatic rings. The summed E-state index contributed by atoms with van der Waals surface area (Å²) in [6, 6.07) is 19.3. The van der Waals surface area contributed by atoms with Crippen LogP contribution in [0, 0.1) is 0 Å². The Morgan fingerprint density at radius 1 is 0.735 bits per heavy atom. The second-order valence-corrected chi connectivity index (χ2v) is 6.82. The molecule has 0 radical (unpaired) electrons. The van der Waals surface area contributed by atoms with Crippen LogP contribution in [-0.2, 0) is 19.0 Å². The van der Waals surface area contributed by atoms with Crippen LogP contribution >= 0.6 is 0 Å². The average Bonchev–Trinajstić information content (AvgIpc) is 2.87. The van der Waals surface area contributed by atoms with E-state index >= 15 is 0 Å². The maximum Gasteiger partial charge on any atom is 0.342 e. The summed E-state index contributed by atoms with van der Waals surface area (Å²) in [7, 11) is 2.37. The molecule has 3 rings (SSSR count). The standard InChI is InChI=1S/C25H21NO8/c1-31-23(28)16-12-17(24(29)32-2)14-18(13-16)26-22(27)15-33-25(30)20-10-6-7-11-21(20)34-19-8-4-3-5-9-19/h3-14H,15H2,1-2H3,(H,26,27). The van der Waals surface area contributed by atoms with E-state index in [1.807, 2.05) is 6.07 Å². The highest BCUT2D eigenvalue weighted by Crippen LogP contribution is 2.25. The summed E-state index contributed by atoms with van der Waals surface area (Å²) in [6.07, 6.45) is 0. The number of nitrogens with one attached hydrogen (secondary N) is 1. The molecule has 0 aromatic heterocycles. The molecule has 9 heteroatoms. The van der Waals surface area contributed by atoms with Crippen molar-refractivity contribution in [3.05, 3.63) is 89.5 Å². The summed E-state index contributed by atoms with van der Waals surface area (Å²) >= 11 is 0. The van der Waals surface area contributed by atoms with Gasteiger partial charge in [0.25, 0.3) is 5.91 Å². The Morgan fingerprint density at radius 3 is 1.94 bits per heavy atom. The van der Waals surface area contributed by atoms with Crippen LogP contribution < -0.4 is 10.1 Å². The second kappa shape index (κ2) is 11.3. The quantitative estimate of drug-likeness (QED) is 0.395. The molecule has 174 valence electrons. The van der Waals surface area contributed by atoms with Crippen LogP contribution in [0.2, 0.25) is 0 Å². The number of carbonyl (C=O) groups is 4. The number of anilines is 1. The second-order valence-electron chi connectivity index (χ2n) is 6.82. The third kappa shape index (κ3) is 6.19. The summed E-state index contributed by atoms with van der Waals surface area (Å²) in [6.45, 7) is -0.617. The SMILES string of the molecule is COC(=O)c1cc(NC(=O)COC(=O)c2ccccc2Oc2ccccc2)cc(C(=O)OC)c1. The van der Waals surface area contributed by atoms with Crippen molar-refractivity contribution in [1.29, 1.82) is 0 Å². The zero-order chi connectivity index (χ0) is 24.5. The van der Waals surface area contributed by atoms with Crippen molar-refractivity contribution in [1.82, 2.24) is 0 Å². The minimum Gasteiger partial charge on any atom is -0.465 e. The van der Waals surface area contributed by atoms with Crippen molar-refractivity contribution in [2.24, 2.45) is 0 Å². The average molecular weight is 463 g/mol. The third-order valence-electron chi connectivity index (χ3n) is 4.47. The van der Waals surface area contributed by atoms with Gasteiger partial charge >= 0.3 is 17.9 Å². The molecule has 0 aliphatic carbocycles. The van der Waals surface area contributed by atoms with Gasteiger partial charge in [0.1, 0.15) is 17.1 Å². The number of ether oxygens (including phenoxy) is 4. The summed E-state index contributed by atoms with van der Waals surface area (Å²) in [5, 5.41) is 2.48. The Kier molecular flexibility index (Phi) is 7.96. The molecular weight excluding hydrogens is 442 g/mol. The fraction of sp³-hybridized carbons (Fsp3) is 0.120. The zero-order valence-electron chi connectivity index (χ0n) is 18.4. The predicted octanol–water partition coefficient (Wildman–Crippen LogP) is 3.85. The minimum atomic E-state index is -0.764. The van der Waals surface area contributed by atoms with E-state index in [2.05, 4.69) is 14.8 Å². The molecule has 0 aliphatic rings. The molecule has 0 atom stereocenters. The predicted molar refractivity (Wildman–Crippen MR) is 121 cm³/mol. The summed E-state index contributed by atoms with van der Waals surface area (Å²) in [5.74, 6) is -2.06. The van der Waals surface area contributed by atoms with Gasteiger partial charge < -0.3 is 24.3 Å². The van der Waals surface area contributed by atoms with E-state index in [9.17, 15) is 19.2 Å². The van der Waals surface area contributed by atoms with Gasteiger partial charge in [-0.3, -0.25) is 4.79 Å². The summed E-state index contributed by atoms with van der Waals surface area (Å²) < 4.78 is 20.2. The molecule has 0 fully saturated rings. The Hall–Kier alpha value is -4.66.